The molecule has 6 heterocycles. The molecule has 8 nitrogen and oxygen atoms in total. The molecule has 0 N–H and O–H groups in total. The minimum atomic E-state index is 0.380. The lowest BCUT2D eigenvalue weighted by Gasteiger charge is -2.27. The maximum Gasteiger partial charge on any atom is 0.137 e. The minimum Gasteiger partial charge on any atom is -0.456 e. The molecule has 8 heteroatoms. The van der Waals surface area contributed by atoms with Gasteiger partial charge in [-0.2, -0.15) is 10.5 Å². The lowest BCUT2D eigenvalue weighted by Crippen LogP contribution is -2.17. The second-order valence-electron chi connectivity index (χ2n) is 21.7. The lowest BCUT2D eigenvalue weighted by atomic mass is 9.98. The molecule has 0 unspecified atom stereocenters. The number of rotatable bonds is 4. The maximum absolute atomic E-state index is 13.0. The molecule has 0 saturated carbocycles. The van der Waals surface area contributed by atoms with E-state index >= 15 is 0 Å². The molecule has 0 aliphatic carbocycles. The summed E-state index contributed by atoms with van der Waals surface area (Å²) in [6.07, 6.45) is 0. The second kappa shape index (κ2) is 15.9. The summed E-state index contributed by atoms with van der Waals surface area (Å²) >= 11 is 0. The molecule has 11 aromatic carbocycles. The monoisotopic (exact) mass is 1020 g/mol. The first-order valence-electron chi connectivity index (χ1n) is 27.0. The van der Waals surface area contributed by atoms with Crippen LogP contribution in [0.1, 0.15) is 33.4 Å². The standard InChI is InChI=1S/C72H44N6O2/c1-39-21-27-57-49(33-39)50-34-40(2)22-28-58(50)75(57)69-53(37-73)72(78-56-18-10-6-14-44(56)46-26-32-64-66(68(46)78)48-16-8-12-20-62(48)80-64)70(76-59-29-23-41(3)35-51(59)52-36-42(4)24-30-60(52)76)54(38-74)71(69)77-55-17-9-5-13-43(55)45-25-31-63-65(67(45)77)47-15-7-11-19-61(47)79-63/h5-36H,1-4H3. The molecular formula is C72H44N6O2. The van der Waals surface area contributed by atoms with E-state index in [0.717, 1.165) is 153 Å². The highest BCUT2D eigenvalue weighted by Gasteiger charge is 2.36. The molecule has 0 spiro atoms. The summed E-state index contributed by atoms with van der Waals surface area (Å²) < 4.78 is 22.6. The highest BCUT2D eigenvalue weighted by atomic mass is 16.3. The zero-order valence-electron chi connectivity index (χ0n) is 44.0. The largest absolute Gasteiger partial charge is 0.456 e. The van der Waals surface area contributed by atoms with Crippen LogP contribution in [-0.2, 0) is 0 Å². The van der Waals surface area contributed by atoms with Gasteiger partial charge in [-0.05, 0) is 125 Å². The molecule has 0 saturated heterocycles. The van der Waals surface area contributed by atoms with Crippen molar-refractivity contribution in [2.24, 2.45) is 0 Å². The number of hydrogen-bond acceptors (Lipinski definition) is 4. The van der Waals surface area contributed by atoms with Crippen molar-refractivity contribution in [1.82, 2.24) is 18.3 Å². The van der Waals surface area contributed by atoms with Gasteiger partial charge >= 0.3 is 0 Å². The molecule has 6 aromatic heterocycles. The summed E-state index contributed by atoms with van der Waals surface area (Å²) in [5, 5.41) is 37.9. The summed E-state index contributed by atoms with van der Waals surface area (Å²) in [5.41, 5.74) is 17.6. The summed E-state index contributed by atoms with van der Waals surface area (Å²) in [5.74, 6) is 0. The first-order valence-corrected chi connectivity index (χ1v) is 27.0. The van der Waals surface area contributed by atoms with Crippen LogP contribution in [0, 0.1) is 50.4 Å². The van der Waals surface area contributed by atoms with Crippen LogP contribution in [0.25, 0.3) is 154 Å². The van der Waals surface area contributed by atoms with E-state index in [0.29, 0.717) is 33.9 Å². The number of nitriles is 2. The summed E-state index contributed by atoms with van der Waals surface area (Å²) in [7, 11) is 0. The van der Waals surface area contributed by atoms with E-state index in [2.05, 4.69) is 228 Å². The van der Waals surface area contributed by atoms with E-state index in [-0.39, 0.29) is 0 Å². The van der Waals surface area contributed by atoms with Crippen molar-refractivity contribution in [3.05, 3.63) is 228 Å². The Morgan fingerprint density at radius 2 is 0.600 bits per heavy atom. The normalized spacial score (nSPS) is 12.2. The smallest absolute Gasteiger partial charge is 0.137 e. The number of nitrogens with zero attached hydrogens (tertiary/aromatic N) is 6. The zero-order chi connectivity index (χ0) is 53.4. The molecule has 17 rings (SSSR count). The highest BCUT2D eigenvalue weighted by Crippen LogP contribution is 2.51. The average Bonchev–Trinajstić information content (AvgIpc) is 4.34. The Kier molecular flexibility index (Phi) is 8.81. The Balaban J connectivity index is 1.22. The van der Waals surface area contributed by atoms with Crippen molar-refractivity contribution in [2.75, 3.05) is 0 Å². The molecule has 0 bridgehead atoms. The third-order valence-electron chi connectivity index (χ3n) is 17.0. The molecule has 0 fully saturated rings. The third kappa shape index (κ3) is 5.71. The van der Waals surface area contributed by atoms with Crippen molar-refractivity contribution < 1.29 is 8.83 Å². The van der Waals surface area contributed by atoms with Gasteiger partial charge in [0.2, 0.25) is 0 Å². The van der Waals surface area contributed by atoms with E-state index in [1.165, 1.54) is 0 Å². The molecule has 0 aliphatic rings. The van der Waals surface area contributed by atoms with Crippen molar-refractivity contribution >= 4 is 131 Å². The van der Waals surface area contributed by atoms with Crippen LogP contribution in [0.5, 0.6) is 0 Å². The number of benzene rings is 11. The first-order chi connectivity index (χ1) is 39.3. The van der Waals surface area contributed by atoms with E-state index in [1.807, 2.05) is 24.3 Å². The Bertz CT molecular complexity index is 5280. The van der Waals surface area contributed by atoms with Crippen LogP contribution in [0.3, 0.4) is 0 Å². The van der Waals surface area contributed by atoms with Gasteiger partial charge < -0.3 is 27.1 Å². The summed E-state index contributed by atoms with van der Waals surface area (Å²) in [4.78, 5) is 0. The van der Waals surface area contributed by atoms with Crippen LogP contribution in [-0.4, -0.2) is 18.3 Å². The van der Waals surface area contributed by atoms with Crippen molar-refractivity contribution in [3.8, 4) is 34.9 Å². The second-order valence-corrected chi connectivity index (χ2v) is 21.7. The van der Waals surface area contributed by atoms with Gasteiger partial charge in [-0.25, -0.2) is 0 Å². The molecule has 374 valence electrons. The molecule has 17 aromatic rings. The van der Waals surface area contributed by atoms with Crippen LogP contribution in [0.15, 0.2) is 203 Å². The molecule has 0 amide bonds. The van der Waals surface area contributed by atoms with Gasteiger partial charge in [-0.15, -0.1) is 0 Å². The van der Waals surface area contributed by atoms with Crippen LogP contribution in [0.2, 0.25) is 0 Å². The fourth-order valence-electron chi connectivity index (χ4n) is 13.8. The Morgan fingerprint density at radius 1 is 0.287 bits per heavy atom. The Morgan fingerprint density at radius 3 is 0.963 bits per heavy atom. The van der Waals surface area contributed by atoms with Gasteiger partial charge in [0.15, 0.2) is 0 Å². The number of furan rings is 2. The highest BCUT2D eigenvalue weighted by molar-refractivity contribution is 6.27. The number of aryl methyl sites for hydroxylation is 4. The summed E-state index contributed by atoms with van der Waals surface area (Å²) in [6.45, 7) is 8.50. The first kappa shape index (κ1) is 44.3. The molecule has 0 radical (unpaired) electrons. The fourth-order valence-corrected chi connectivity index (χ4v) is 13.8. The van der Waals surface area contributed by atoms with Gasteiger partial charge in [-0.1, -0.05) is 119 Å². The van der Waals surface area contributed by atoms with E-state index in [1.54, 1.807) is 0 Å². The molecule has 0 aliphatic heterocycles. The van der Waals surface area contributed by atoms with E-state index < -0.39 is 0 Å². The average molecular weight is 1030 g/mol. The molecule has 80 heavy (non-hydrogen) atoms. The maximum atomic E-state index is 13.0. The van der Waals surface area contributed by atoms with Gasteiger partial charge in [0.25, 0.3) is 0 Å². The predicted octanol–water partition coefficient (Wildman–Crippen LogP) is 18.9. The Hall–Kier alpha value is -10.8. The van der Waals surface area contributed by atoms with Crippen molar-refractivity contribution in [3.63, 3.8) is 0 Å². The number of hydrogen-bond donors (Lipinski definition) is 0. The molecule has 0 atom stereocenters. The topological polar surface area (TPSA) is 93.6 Å². The van der Waals surface area contributed by atoms with Crippen molar-refractivity contribution in [1.29, 1.82) is 10.5 Å². The van der Waals surface area contributed by atoms with E-state index in [9.17, 15) is 10.5 Å². The fraction of sp³-hybridized carbons (Fsp3) is 0.0556. The van der Waals surface area contributed by atoms with Crippen LogP contribution >= 0.6 is 0 Å². The van der Waals surface area contributed by atoms with Crippen LogP contribution in [0.4, 0.5) is 0 Å². The predicted molar refractivity (Wildman–Crippen MR) is 327 cm³/mol. The number of para-hydroxylation sites is 4. The van der Waals surface area contributed by atoms with Gasteiger partial charge in [0, 0.05) is 53.9 Å². The number of aromatic nitrogens is 4. The Labute approximate surface area is 456 Å². The quantitative estimate of drug-likeness (QED) is 0.175. The number of fused-ring (bicyclic) bond motifs is 20. The van der Waals surface area contributed by atoms with Crippen LogP contribution < -0.4 is 0 Å². The summed E-state index contributed by atoms with van der Waals surface area (Å²) in [6, 6.07) is 74.0. The zero-order valence-corrected chi connectivity index (χ0v) is 44.0. The van der Waals surface area contributed by atoms with Gasteiger partial charge in [-0.3, -0.25) is 0 Å². The van der Waals surface area contributed by atoms with Gasteiger partial charge in [0.05, 0.1) is 77.7 Å². The molecular weight excluding hydrogens is 981 g/mol. The SMILES string of the molecule is Cc1ccc2c(c1)c1cc(C)ccc1n2-c1c(C#N)c(-n2c3ccccc3c3ccc4oc5ccccc5c4c32)c(-n2c3ccc(C)cc3c3cc(C)ccc32)c(C#N)c1-n1c2ccccc2c2ccc3oc4ccccc4c3c21. The lowest BCUT2D eigenvalue weighted by molar-refractivity contribution is 0.669. The minimum absolute atomic E-state index is 0.380. The third-order valence-corrected chi connectivity index (χ3v) is 17.0. The van der Waals surface area contributed by atoms with E-state index in [4.69, 9.17) is 8.83 Å². The van der Waals surface area contributed by atoms with Crippen molar-refractivity contribution in [2.45, 2.75) is 27.7 Å². The van der Waals surface area contributed by atoms with Gasteiger partial charge in [0.1, 0.15) is 45.6 Å².